The third-order valence-corrected chi connectivity index (χ3v) is 2.72. The number of hydrogen-bond acceptors (Lipinski definition) is 4. The second-order valence-corrected chi connectivity index (χ2v) is 4.31. The molecule has 0 radical (unpaired) electrons. The van der Waals surface area contributed by atoms with Gasteiger partial charge in [-0.25, -0.2) is 9.97 Å². The number of aryl methyl sites for hydroxylation is 2. The number of rotatable bonds is 2. The van der Waals surface area contributed by atoms with Crippen LogP contribution in [-0.4, -0.2) is 9.97 Å². The van der Waals surface area contributed by atoms with E-state index in [1.165, 1.54) is 6.20 Å². The van der Waals surface area contributed by atoms with E-state index in [0.717, 1.165) is 11.3 Å². The van der Waals surface area contributed by atoms with Crippen LogP contribution < -0.4 is 5.32 Å². The van der Waals surface area contributed by atoms with Crippen LogP contribution in [0.15, 0.2) is 24.4 Å². The van der Waals surface area contributed by atoms with Gasteiger partial charge in [0.1, 0.15) is 17.5 Å². The molecule has 0 aliphatic rings. The van der Waals surface area contributed by atoms with Gasteiger partial charge in [0.05, 0.1) is 6.20 Å². The highest BCUT2D eigenvalue weighted by Gasteiger charge is 2.07. The van der Waals surface area contributed by atoms with Gasteiger partial charge in [-0.2, -0.15) is 5.26 Å². The lowest BCUT2D eigenvalue weighted by molar-refractivity contribution is 1.05. The van der Waals surface area contributed by atoms with E-state index in [1.54, 1.807) is 13.0 Å². The van der Waals surface area contributed by atoms with E-state index >= 15 is 0 Å². The molecule has 1 aromatic carbocycles. The monoisotopic (exact) mass is 258 g/mol. The second-order valence-electron chi connectivity index (χ2n) is 3.88. The minimum atomic E-state index is 0.403. The molecule has 1 aromatic heterocycles. The first-order valence-corrected chi connectivity index (χ1v) is 5.75. The van der Waals surface area contributed by atoms with E-state index in [-0.39, 0.29) is 0 Å². The van der Waals surface area contributed by atoms with Gasteiger partial charge in [0.25, 0.3) is 0 Å². The molecule has 0 aliphatic carbocycles. The fraction of sp³-hybridized carbons (Fsp3) is 0.154. The lowest BCUT2D eigenvalue weighted by Gasteiger charge is -2.10. The van der Waals surface area contributed by atoms with E-state index in [4.69, 9.17) is 16.9 Å². The molecule has 18 heavy (non-hydrogen) atoms. The average Bonchev–Trinajstić information content (AvgIpc) is 2.34. The summed E-state index contributed by atoms with van der Waals surface area (Å²) in [7, 11) is 0. The van der Waals surface area contributed by atoms with Crippen molar-refractivity contribution in [1.82, 2.24) is 9.97 Å². The summed E-state index contributed by atoms with van der Waals surface area (Å²) in [5.74, 6) is 1.10. The maximum atomic E-state index is 9.02. The summed E-state index contributed by atoms with van der Waals surface area (Å²) in [6.45, 7) is 3.73. The Morgan fingerprint density at radius 3 is 2.83 bits per heavy atom. The number of nitrogens with one attached hydrogen (secondary N) is 1. The summed E-state index contributed by atoms with van der Waals surface area (Å²) < 4.78 is 0. The first-order chi connectivity index (χ1) is 8.60. The highest BCUT2D eigenvalue weighted by molar-refractivity contribution is 6.30. The minimum Gasteiger partial charge on any atom is -0.339 e. The summed E-state index contributed by atoms with van der Waals surface area (Å²) in [6, 6.07) is 7.58. The van der Waals surface area contributed by atoms with E-state index < -0.39 is 0 Å². The topological polar surface area (TPSA) is 61.6 Å². The Morgan fingerprint density at radius 1 is 1.33 bits per heavy atom. The first kappa shape index (κ1) is 12.3. The Labute approximate surface area is 110 Å². The van der Waals surface area contributed by atoms with Crippen molar-refractivity contribution in [2.75, 3.05) is 5.32 Å². The van der Waals surface area contributed by atoms with Crippen molar-refractivity contribution in [3.8, 4) is 6.07 Å². The lowest BCUT2D eigenvalue weighted by Crippen LogP contribution is -2.01. The fourth-order valence-corrected chi connectivity index (χ4v) is 1.68. The van der Waals surface area contributed by atoms with Crippen molar-refractivity contribution >= 4 is 23.1 Å². The number of anilines is 2. The van der Waals surface area contributed by atoms with Crippen molar-refractivity contribution in [1.29, 1.82) is 5.26 Å². The van der Waals surface area contributed by atoms with Gasteiger partial charge in [-0.05, 0) is 31.5 Å². The summed E-state index contributed by atoms with van der Waals surface area (Å²) in [5, 5.41) is 12.8. The molecule has 4 nitrogen and oxygen atoms in total. The van der Waals surface area contributed by atoms with Crippen LogP contribution in [0.4, 0.5) is 11.5 Å². The van der Waals surface area contributed by atoms with Crippen LogP contribution in [0.25, 0.3) is 0 Å². The molecule has 2 aromatic rings. The summed E-state index contributed by atoms with van der Waals surface area (Å²) in [6.07, 6.45) is 1.50. The van der Waals surface area contributed by atoms with Crippen LogP contribution in [0.5, 0.6) is 0 Å². The Bertz CT molecular complexity index is 631. The van der Waals surface area contributed by atoms with Crippen LogP contribution in [0.3, 0.4) is 0 Å². The zero-order valence-electron chi connectivity index (χ0n) is 10.0. The molecule has 0 unspecified atom stereocenters. The standard InChI is InChI=1S/C13H11ClN4/c1-8-3-4-11(14)5-12(8)18-13-10(6-15)7-16-9(2)17-13/h3-5,7H,1-2H3,(H,16,17,18). The molecule has 0 bridgehead atoms. The van der Waals surface area contributed by atoms with Crippen LogP contribution in [0.2, 0.25) is 5.02 Å². The maximum Gasteiger partial charge on any atom is 0.152 e. The molecule has 0 spiro atoms. The van der Waals surface area contributed by atoms with Crippen molar-refractivity contribution < 1.29 is 0 Å². The van der Waals surface area contributed by atoms with Gasteiger partial charge < -0.3 is 5.32 Å². The van der Waals surface area contributed by atoms with Gasteiger partial charge in [0, 0.05) is 10.7 Å². The van der Waals surface area contributed by atoms with Crippen LogP contribution in [0, 0.1) is 25.2 Å². The number of aromatic nitrogens is 2. The predicted molar refractivity (Wildman–Crippen MR) is 71.0 cm³/mol. The Morgan fingerprint density at radius 2 is 2.11 bits per heavy atom. The number of benzene rings is 1. The molecule has 90 valence electrons. The third kappa shape index (κ3) is 2.58. The summed E-state index contributed by atoms with van der Waals surface area (Å²) >= 11 is 5.95. The van der Waals surface area contributed by atoms with Crippen molar-refractivity contribution in [3.63, 3.8) is 0 Å². The molecule has 1 N–H and O–H groups in total. The van der Waals surface area contributed by atoms with E-state index in [0.29, 0.717) is 22.2 Å². The second kappa shape index (κ2) is 5.03. The van der Waals surface area contributed by atoms with Gasteiger partial charge >= 0.3 is 0 Å². The molecule has 0 fully saturated rings. The molecule has 0 atom stereocenters. The molecular weight excluding hydrogens is 248 g/mol. The largest absolute Gasteiger partial charge is 0.339 e. The van der Waals surface area contributed by atoms with Gasteiger partial charge in [0.2, 0.25) is 0 Å². The van der Waals surface area contributed by atoms with Gasteiger partial charge in [0.15, 0.2) is 5.82 Å². The average molecular weight is 259 g/mol. The Balaban J connectivity index is 2.43. The first-order valence-electron chi connectivity index (χ1n) is 5.37. The zero-order valence-corrected chi connectivity index (χ0v) is 10.8. The Kier molecular flexibility index (Phi) is 3.45. The van der Waals surface area contributed by atoms with Crippen molar-refractivity contribution in [2.45, 2.75) is 13.8 Å². The molecule has 5 heteroatoms. The van der Waals surface area contributed by atoms with E-state index in [2.05, 4.69) is 21.4 Å². The molecule has 1 heterocycles. The highest BCUT2D eigenvalue weighted by atomic mass is 35.5. The number of nitrogens with zero attached hydrogens (tertiary/aromatic N) is 3. The molecule has 0 saturated carbocycles. The summed E-state index contributed by atoms with van der Waals surface area (Å²) in [4.78, 5) is 8.21. The third-order valence-electron chi connectivity index (χ3n) is 2.48. The van der Waals surface area contributed by atoms with Crippen LogP contribution in [0.1, 0.15) is 17.0 Å². The lowest BCUT2D eigenvalue weighted by atomic mass is 10.2. The molecule has 0 amide bonds. The minimum absolute atomic E-state index is 0.403. The number of halogens is 1. The normalized spacial score (nSPS) is 9.89. The van der Waals surface area contributed by atoms with E-state index in [9.17, 15) is 0 Å². The summed E-state index contributed by atoms with van der Waals surface area (Å²) in [5.41, 5.74) is 2.26. The van der Waals surface area contributed by atoms with Crippen LogP contribution in [-0.2, 0) is 0 Å². The zero-order chi connectivity index (χ0) is 13.1. The van der Waals surface area contributed by atoms with Gasteiger partial charge in [-0.1, -0.05) is 17.7 Å². The smallest absolute Gasteiger partial charge is 0.152 e. The Hall–Kier alpha value is -2.12. The van der Waals surface area contributed by atoms with Crippen molar-refractivity contribution in [2.24, 2.45) is 0 Å². The highest BCUT2D eigenvalue weighted by Crippen LogP contribution is 2.24. The SMILES string of the molecule is Cc1ncc(C#N)c(Nc2cc(Cl)ccc2C)n1. The van der Waals surface area contributed by atoms with E-state index in [1.807, 2.05) is 19.1 Å². The maximum absolute atomic E-state index is 9.02. The van der Waals surface area contributed by atoms with Gasteiger partial charge in [-0.15, -0.1) is 0 Å². The quantitative estimate of drug-likeness (QED) is 0.897. The van der Waals surface area contributed by atoms with Gasteiger partial charge in [-0.3, -0.25) is 0 Å². The van der Waals surface area contributed by atoms with Crippen molar-refractivity contribution in [3.05, 3.63) is 46.4 Å². The fourth-order valence-electron chi connectivity index (χ4n) is 1.50. The predicted octanol–water partition coefficient (Wildman–Crippen LogP) is 3.36. The number of nitriles is 1. The number of hydrogen-bond donors (Lipinski definition) is 1. The molecule has 2 rings (SSSR count). The molecule has 0 saturated heterocycles. The molecular formula is C13H11ClN4. The van der Waals surface area contributed by atoms with Crippen LogP contribution >= 0.6 is 11.6 Å². The molecule has 0 aliphatic heterocycles.